The molecule has 0 saturated heterocycles. The molecule has 11 heteroatoms. The van der Waals surface area contributed by atoms with Crippen LogP contribution in [0.3, 0.4) is 0 Å². The molecule has 0 saturated carbocycles. The van der Waals surface area contributed by atoms with Crippen LogP contribution in [0.25, 0.3) is 6.08 Å². The maximum Gasteiger partial charge on any atom is 0.272 e. The molecule has 3 aromatic carbocycles. The summed E-state index contributed by atoms with van der Waals surface area (Å²) in [5.74, 6) is 0.418. The molecule has 0 fully saturated rings. The quantitative estimate of drug-likeness (QED) is 0.102. The van der Waals surface area contributed by atoms with Gasteiger partial charge in [-0.1, -0.05) is 38.1 Å². The zero-order valence-electron chi connectivity index (χ0n) is 27.8. The fourth-order valence-corrected chi connectivity index (χ4v) is 7.91. The van der Waals surface area contributed by atoms with Crippen LogP contribution in [-0.2, 0) is 22.4 Å². The second kappa shape index (κ2) is 16.4. The topological polar surface area (TPSA) is 130 Å². The Hall–Kier alpha value is -5.05. The van der Waals surface area contributed by atoms with Crippen LogP contribution in [-0.4, -0.2) is 37.2 Å². The van der Waals surface area contributed by atoms with E-state index in [1.54, 1.807) is 66.7 Å². The smallest absolute Gasteiger partial charge is 0.272 e. The predicted molar refractivity (Wildman–Crippen MR) is 195 cm³/mol. The lowest BCUT2D eigenvalue weighted by Gasteiger charge is -2.17. The highest BCUT2D eigenvalue weighted by atomic mass is 32.2. The second-order valence-corrected chi connectivity index (χ2v) is 14.0. The summed E-state index contributed by atoms with van der Waals surface area (Å²) in [6, 6.07) is 23.3. The van der Waals surface area contributed by atoms with Crippen molar-refractivity contribution in [3.05, 3.63) is 106 Å². The van der Waals surface area contributed by atoms with Gasteiger partial charge in [0, 0.05) is 26.6 Å². The number of ether oxygens (including phenoxy) is 2. The largest absolute Gasteiger partial charge is 0.497 e. The van der Waals surface area contributed by atoms with Gasteiger partial charge < -0.3 is 25.4 Å². The number of hydrogen-bond acceptors (Lipinski definition) is 8. The van der Waals surface area contributed by atoms with Crippen LogP contribution in [0.1, 0.15) is 58.6 Å². The van der Waals surface area contributed by atoms with Crippen LogP contribution in [0, 0.1) is 17.2 Å². The van der Waals surface area contributed by atoms with Crippen LogP contribution in [0.15, 0.2) is 83.4 Å². The Morgan fingerprint density at radius 2 is 1.84 bits per heavy atom. The van der Waals surface area contributed by atoms with Crippen LogP contribution in [0.4, 0.5) is 10.7 Å². The molecule has 0 spiro atoms. The number of carbonyl (C=O) groups excluding carboxylic acids is 3. The lowest BCUT2D eigenvalue weighted by atomic mass is 9.88. The highest BCUT2D eigenvalue weighted by Crippen LogP contribution is 2.40. The first kappa shape index (κ1) is 35.3. The molecule has 0 radical (unpaired) electrons. The minimum absolute atomic E-state index is 0.00869. The molecule has 2 atom stereocenters. The van der Waals surface area contributed by atoms with Gasteiger partial charge in [-0.25, -0.2) is 0 Å². The van der Waals surface area contributed by atoms with Gasteiger partial charge in [0.2, 0.25) is 5.91 Å². The number of nitrogens with zero attached hydrogens (tertiary/aromatic N) is 1. The van der Waals surface area contributed by atoms with Crippen LogP contribution in [0.5, 0.6) is 11.5 Å². The third-order valence-electron chi connectivity index (χ3n) is 8.16. The first-order chi connectivity index (χ1) is 23.7. The molecule has 0 aliphatic heterocycles. The van der Waals surface area contributed by atoms with Crippen molar-refractivity contribution in [3.8, 4) is 17.6 Å². The summed E-state index contributed by atoms with van der Waals surface area (Å²) >= 11 is 2.89. The molecule has 2 unspecified atom stereocenters. The van der Waals surface area contributed by atoms with Crippen molar-refractivity contribution in [3.63, 3.8) is 0 Å². The van der Waals surface area contributed by atoms with Gasteiger partial charge >= 0.3 is 0 Å². The van der Waals surface area contributed by atoms with Crippen molar-refractivity contribution in [2.45, 2.75) is 49.7 Å². The Labute approximate surface area is 294 Å². The van der Waals surface area contributed by atoms with Gasteiger partial charge in [-0.05, 0) is 91.8 Å². The number of thiophene rings is 1. The second-order valence-electron chi connectivity index (χ2n) is 11.6. The van der Waals surface area contributed by atoms with Crippen LogP contribution >= 0.6 is 23.1 Å². The van der Waals surface area contributed by atoms with Gasteiger partial charge in [0.25, 0.3) is 11.8 Å². The molecule has 4 aromatic rings. The van der Waals surface area contributed by atoms with E-state index in [-0.39, 0.29) is 11.6 Å². The Bertz CT molecular complexity index is 1910. The van der Waals surface area contributed by atoms with Crippen molar-refractivity contribution in [1.29, 1.82) is 5.26 Å². The summed E-state index contributed by atoms with van der Waals surface area (Å²) in [6.07, 6.45) is 4.91. The standard InChI is InChI=1S/C38H38N4O5S2/c1-5-33(37(45)42-38-30(22-39)29-16-14-23(2)18-34(29)49-38)48-28-13-9-12-26(21-28)40-36(44)31(41-35(43)24-10-7-6-8-11-24)20-25-19-27(46-3)15-17-32(25)47-4/h6-13,15,17,19-21,23,33H,5,14,16,18H2,1-4H3,(H,40,44)(H,41,43)(H,42,45)/b31-20+. The number of carbonyl (C=O) groups is 3. The molecule has 3 amide bonds. The number of nitrogens with one attached hydrogen (secondary N) is 3. The maximum absolute atomic E-state index is 13.7. The highest BCUT2D eigenvalue weighted by molar-refractivity contribution is 8.00. The predicted octanol–water partition coefficient (Wildman–Crippen LogP) is 7.68. The molecule has 49 heavy (non-hydrogen) atoms. The summed E-state index contributed by atoms with van der Waals surface area (Å²) in [7, 11) is 3.06. The van der Waals surface area contributed by atoms with Crippen molar-refractivity contribution in [2.24, 2.45) is 5.92 Å². The van der Waals surface area contributed by atoms with Gasteiger partial charge in [-0.2, -0.15) is 5.26 Å². The van der Waals surface area contributed by atoms with E-state index in [2.05, 4.69) is 28.9 Å². The number of rotatable bonds is 12. The lowest BCUT2D eigenvalue weighted by molar-refractivity contribution is -0.116. The average molecular weight is 695 g/mol. The van der Waals surface area contributed by atoms with E-state index in [1.807, 2.05) is 13.0 Å². The number of fused-ring (bicyclic) bond motifs is 1. The van der Waals surface area contributed by atoms with E-state index in [4.69, 9.17) is 9.47 Å². The summed E-state index contributed by atoms with van der Waals surface area (Å²) < 4.78 is 10.9. The van der Waals surface area contributed by atoms with Crippen molar-refractivity contribution in [1.82, 2.24) is 5.32 Å². The normalized spacial score (nSPS) is 14.5. The first-order valence-corrected chi connectivity index (χ1v) is 17.7. The van der Waals surface area contributed by atoms with E-state index in [1.165, 1.54) is 48.3 Å². The van der Waals surface area contributed by atoms with Crippen LogP contribution < -0.4 is 25.4 Å². The van der Waals surface area contributed by atoms with Crippen molar-refractivity contribution in [2.75, 3.05) is 24.9 Å². The SMILES string of the molecule is CCC(Sc1cccc(NC(=O)/C(=C\c2cc(OC)ccc2OC)NC(=O)c2ccccc2)c1)C(=O)Nc1sc2c(c1C#N)CCC(C)C2. The third kappa shape index (κ3) is 8.71. The monoisotopic (exact) mass is 694 g/mol. The van der Waals surface area contributed by atoms with Gasteiger partial charge in [-0.3, -0.25) is 14.4 Å². The molecule has 1 aromatic heterocycles. The number of methoxy groups -OCH3 is 2. The summed E-state index contributed by atoms with van der Waals surface area (Å²) in [5.41, 5.74) is 3.05. The Morgan fingerprint density at radius 3 is 2.55 bits per heavy atom. The molecular formula is C38H38N4O5S2. The molecule has 1 heterocycles. The number of thioether (sulfide) groups is 1. The van der Waals surface area contributed by atoms with Gasteiger partial charge in [0.15, 0.2) is 0 Å². The average Bonchev–Trinajstić information content (AvgIpc) is 3.46. The van der Waals surface area contributed by atoms with Gasteiger partial charge in [-0.15, -0.1) is 23.1 Å². The Balaban J connectivity index is 1.34. The van der Waals surface area contributed by atoms with Gasteiger partial charge in [0.1, 0.15) is 28.3 Å². The minimum atomic E-state index is -0.555. The Kier molecular flexibility index (Phi) is 11.8. The summed E-state index contributed by atoms with van der Waals surface area (Å²) in [5, 5.41) is 18.7. The summed E-state index contributed by atoms with van der Waals surface area (Å²) in [6.45, 7) is 4.15. The summed E-state index contributed by atoms with van der Waals surface area (Å²) in [4.78, 5) is 42.3. The van der Waals surface area contributed by atoms with E-state index in [0.717, 1.165) is 29.7 Å². The molecule has 5 rings (SSSR count). The third-order valence-corrected chi connectivity index (χ3v) is 10.7. The van der Waals surface area contributed by atoms with E-state index < -0.39 is 17.1 Å². The van der Waals surface area contributed by atoms with Gasteiger partial charge in [0.05, 0.1) is 25.0 Å². The van der Waals surface area contributed by atoms with Crippen molar-refractivity contribution < 1.29 is 23.9 Å². The maximum atomic E-state index is 13.7. The number of amides is 3. The fraction of sp³-hybridized carbons (Fsp3) is 0.263. The molecule has 252 valence electrons. The lowest BCUT2D eigenvalue weighted by Crippen LogP contribution is -2.30. The zero-order valence-corrected chi connectivity index (χ0v) is 29.4. The van der Waals surface area contributed by atoms with E-state index >= 15 is 0 Å². The number of benzene rings is 3. The molecule has 9 nitrogen and oxygen atoms in total. The number of anilines is 2. The molecular weight excluding hydrogens is 657 g/mol. The minimum Gasteiger partial charge on any atom is -0.497 e. The van der Waals surface area contributed by atoms with Crippen LogP contribution in [0.2, 0.25) is 0 Å². The Morgan fingerprint density at radius 1 is 1.04 bits per heavy atom. The molecule has 1 aliphatic carbocycles. The molecule has 0 bridgehead atoms. The highest BCUT2D eigenvalue weighted by Gasteiger charge is 2.27. The number of hydrogen-bond donors (Lipinski definition) is 3. The number of nitriles is 1. The zero-order chi connectivity index (χ0) is 34.9. The van der Waals surface area contributed by atoms with E-state index in [9.17, 15) is 19.6 Å². The molecule has 3 N–H and O–H groups in total. The van der Waals surface area contributed by atoms with E-state index in [0.29, 0.717) is 51.2 Å². The first-order valence-electron chi connectivity index (χ1n) is 16.0. The van der Waals surface area contributed by atoms with Crippen molar-refractivity contribution >= 4 is 57.6 Å². The molecule has 1 aliphatic rings. The fourth-order valence-electron chi connectivity index (χ4n) is 5.53.